The van der Waals surface area contributed by atoms with Gasteiger partial charge in [-0.3, -0.25) is 9.59 Å². The lowest BCUT2D eigenvalue weighted by atomic mass is 9.91. The third-order valence-corrected chi connectivity index (χ3v) is 6.93. The second-order valence-corrected chi connectivity index (χ2v) is 8.75. The average molecular weight is 436 g/mol. The monoisotopic (exact) mass is 435 g/mol. The van der Waals surface area contributed by atoms with E-state index in [0.29, 0.717) is 5.75 Å². The molecule has 1 aliphatic carbocycles. The van der Waals surface area contributed by atoms with Gasteiger partial charge in [-0.25, -0.2) is 0 Å². The van der Waals surface area contributed by atoms with Crippen molar-refractivity contribution in [1.29, 1.82) is 0 Å². The summed E-state index contributed by atoms with van der Waals surface area (Å²) in [5, 5.41) is 6.65. The second-order valence-electron chi connectivity index (χ2n) is 8.75. The highest BCUT2D eigenvalue weighted by molar-refractivity contribution is 5.85. The first-order valence-electron chi connectivity index (χ1n) is 11.1. The minimum absolute atomic E-state index is 0. The molecule has 1 spiro atoms. The molecule has 30 heavy (non-hydrogen) atoms. The number of hydrogen-bond donors (Lipinski definition) is 2. The predicted molar refractivity (Wildman–Crippen MR) is 119 cm³/mol. The summed E-state index contributed by atoms with van der Waals surface area (Å²) in [6.07, 6.45) is 6.14. The number of hydrogen-bond acceptors (Lipinski definition) is 4. The van der Waals surface area contributed by atoms with Crippen molar-refractivity contribution >= 4 is 24.2 Å². The summed E-state index contributed by atoms with van der Waals surface area (Å²) < 4.78 is 5.91. The molecule has 2 amide bonds. The number of ether oxygens (including phenoxy) is 1. The molecule has 0 aromatic heterocycles. The van der Waals surface area contributed by atoms with E-state index < -0.39 is 0 Å². The van der Waals surface area contributed by atoms with E-state index in [4.69, 9.17) is 4.74 Å². The van der Waals surface area contributed by atoms with Gasteiger partial charge in [0.05, 0.1) is 6.04 Å². The molecule has 1 saturated carbocycles. The lowest BCUT2D eigenvalue weighted by molar-refractivity contribution is -0.132. The first-order valence-corrected chi connectivity index (χ1v) is 11.1. The molecule has 3 fully saturated rings. The highest BCUT2D eigenvalue weighted by Gasteiger charge is 2.57. The highest BCUT2D eigenvalue weighted by atomic mass is 35.5. The molecule has 2 N–H and O–H groups in total. The minimum Gasteiger partial charge on any atom is -0.483 e. The predicted octanol–water partition coefficient (Wildman–Crippen LogP) is 3.07. The maximum atomic E-state index is 12.9. The zero-order valence-corrected chi connectivity index (χ0v) is 18.6. The van der Waals surface area contributed by atoms with Crippen molar-refractivity contribution in [3.8, 4) is 5.75 Å². The number of benzene rings is 1. The Balaban J connectivity index is 0.00000256. The number of amides is 2. The molecule has 2 atom stereocenters. The van der Waals surface area contributed by atoms with Crippen LogP contribution in [0.5, 0.6) is 5.75 Å². The Labute approximate surface area is 185 Å². The fourth-order valence-electron chi connectivity index (χ4n) is 4.96. The SMILES string of the molecule is CCC(NC(=O)C1CC12CCNCC2)c1ccccc1OCC(=O)N1CCCC1.Cl. The van der Waals surface area contributed by atoms with Gasteiger partial charge in [0.15, 0.2) is 6.61 Å². The number of carbonyl (C=O) groups is 2. The fraction of sp³-hybridized carbons (Fsp3) is 0.652. The standard InChI is InChI=1S/C23H33N3O3.ClH/c1-2-19(25-22(28)18-15-23(18)9-11-24-12-10-23)17-7-3-4-8-20(17)29-16-21(27)26-13-5-6-14-26;/h3-4,7-8,18-19,24H,2,5-6,9-16H2,1H3,(H,25,28);1H. The van der Waals surface area contributed by atoms with E-state index in [1.807, 2.05) is 29.2 Å². The normalized spacial score (nSPS) is 22.8. The molecule has 166 valence electrons. The van der Waals surface area contributed by atoms with Gasteiger partial charge in [0.1, 0.15) is 5.75 Å². The molecule has 3 aliphatic rings. The molecule has 6 nitrogen and oxygen atoms in total. The van der Waals surface area contributed by atoms with Crippen LogP contribution in [-0.2, 0) is 9.59 Å². The summed E-state index contributed by atoms with van der Waals surface area (Å²) in [7, 11) is 0. The van der Waals surface area contributed by atoms with Crippen LogP contribution in [0.1, 0.15) is 57.1 Å². The maximum Gasteiger partial charge on any atom is 0.260 e. The molecule has 4 rings (SSSR count). The van der Waals surface area contributed by atoms with Gasteiger partial charge in [-0.05, 0) is 63.1 Å². The smallest absolute Gasteiger partial charge is 0.260 e. The maximum absolute atomic E-state index is 12.9. The second kappa shape index (κ2) is 10.0. The Morgan fingerprint density at radius 1 is 1.23 bits per heavy atom. The van der Waals surface area contributed by atoms with Crippen molar-refractivity contribution in [3.05, 3.63) is 29.8 Å². The lowest BCUT2D eigenvalue weighted by Gasteiger charge is -2.25. The highest BCUT2D eigenvalue weighted by Crippen LogP contribution is 2.58. The summed E-state index contributed by atoms with van der Waals surface area (Å²) >= 11 is 0. The number of piperidine rings is 1. The summed E-state index contributed by atoms with van der Waals surface area (Å²) in [5.74, 6) is 1.05. The molecule has 1 aromatic carbocycles. The number of carbonyl (C=O) groups excluding carboxylic acids is 2. The van der Waals surface area contributed by atoms with Crippen LogP contribution in [0.3, 0.4) is 0 Å². The summed E-state index contributed by atoms with van der Waals surface area (Å²) in [5.41, 5.74) is 1.18. The fourth-order valence-corrected chi connectivity index (χ4v) is 4.96. The quantitative estimate of drug-likeness (QED) is 0.690. The molecule has 0 bridgehead atoms. The topological polar surface area (TPSA) is 70.7 Å². The summed E-state index contributed by atoms with van der Waals surface area (Å²) in [6.45, 7) is 5.82. The number of nitrogens with one attached hydrogen (secondary N) is 2. The molecule has 2 saturated heterocycles. The van der Waals surface area contributed by atoms with E-state index in [0.717, 1.165) is 70.3 Å². The number of likely N-dealkylation sites (tertiary alicyclic amines) is 1. The molecular weight excluding hydrogens is 402 g/mol. The Morgan fingerprint density at radius 3 is 2.63 bits per heavy atom. The van der Waals surface area contributed by atoms with Crippen LogP contribution < -0.4 is 15.4 Å². The molecule has 0 radical (unpaired) electrons. The van der Waals surface area contributed by atoms with Crippen LogP contribution in [-0.4, -0.2) is 49.5 Å². The van der Waals surface area contributed by atoms with E-state index in [9.17, 15) is 9.59 Å². The van der Waals surface area contributed by atoms with Crippen molar-refractivity contribution in [2.45, 2.75) is 51.5 Å². The largest absolute Gasteiger partial charge is 0.483 e. The third kappa shape index (κ3) is 4.92. The van der Waals surface area contributed by atoms with Crippen molar-refractivity contribution < 1.29 is 14.3 Å². The van der Waals surface area contributed by atoms with Gasteiger partial charge < -0.3 is 20.3 Å². The van der Waals surface area contributed by atoms with Crippen LogP contribution in [0.25, 0.3) is 0 Å². The number of rotatable bonds is 7. The molecule has 2 heterocycles. The molecule has 2 unspecified atom stereocenters. The van der Waals surface area contributed by atoms with Gasteiger partial charge >= 0.3 is 0 Å². The lowest BCUT2D eigenvalue weighted by Crippen LogP contribution is -2.35. The van der Waals surface area contributed by atoms with Gasteiger partial charge in [-0.15, -0.1) is 12.4 Å². The van der Waals surface area contributed by atoms with Crippen LogP contribution in [0.15, 0.2) is 24.3 Å². The van der Waals surface area contributed by atoms with Crippen molar-refractivity contribution in [1.82, 2.24) is 15.5 Å². The Hall–Kier alpha value is -1.79. The van der Waals surface area contributed by atoms with Crippen molar-refractivity contribution in [2.75, 3.05) is 32.8 Å². The molecular formula is C23H34ClN3O3. The number of nitrogens with zero attached hydrogens (tertiary/aromatic N) is 1. The van der Waals surface area contributed by atoms with Crippen LogP contribution in [0, 0.1) is 11.3 Å². The molecule has 7 heteroatoms. The summed E-state index contributed by atoms with van der Waals surface area (Å²) in [6, 6.07) is 7.67. The van der Waals surface area contributed by atoms with E-state index in [2.05, 4.69) is 17.6 Å². The van der Waals surface area contributed by atoms with Gasteiger partial charge in [-0.2, -0.15) is 0 Å². The third-order valence-electron chi connectivity index (χ3n) is 6.93. The van der Waals surface area contributed by atoms with Gasteiger partial charge in [0.25, 0.3) is 5.91 Å². The van der Waals surface area contributed by atoms with E-state index >= 15 is 0 Å². The van der Waals surface area contributed by atoms with Crippen LogP contribution >= 0.6 is 12.4 Å². The Morgan fingerprint density at radius 2 is 1.93 bits per heavy atom. The average Bonchev–Trinajstić information content (AvgIpc) is 3.17. The molecule has 2 aliphatic heterocycles. The van der Waals surface area contributed by atoms with Crippen molar-refractivity contribution in [2.24, 2.45) is 11.3 Å². The van der Waals surface area contributed by atoms with Crippen LogP contribution in [0.4, 0.5) is 0 Å². The first-order chi connectivity index (χ1) is 14.1. The zero-order valence-electron chi connectivity index (χ0n) is 17.8. The summed E-state index contributed by atoms with van der Waals surface area (Å²) in [4.78, 5) is 27.2. The van der Waals surface area contributed by atoms with Crippen LogP contribution in [0.2, 0.25) is 0 Å². The Bertz CT molecular complexity index is 745. The van der Waals surface area contributed by atoms with Gasteiger partial charge in [0, 0.05) is 24.6 Å². The number of halogens is 1. The van der Waals surface area contributed by atoms with Crippen molar-refractivity contribution in [3.63, 3.8) is 0 Å². The van der Waals surface area contributed by atoms with E-state index in [1.165, 1.54) is 0 Å². The van der Waals surface area contributed by atoms with E-state index in [-0.39, 0.29) is 48.2 Å². The Kier molecular flexibility index (Phi) is 7.64. The first kappa shape index (κ1) is 22.9. The van der Waals surface area contributed by atoms with E-state index in [1.54, 1.807) is 0 Å². The number of para-hydroxylation sites is 1. The molecule has 1 aromatic rings. The van der Waals surface area contributed by atoms with Gasteiger partial charge in [0.2, 0.25) is 5.91 Å². The zero-order chi connectivity index (χ0) is 20.3. The minimum atomic E-state index is -0.0973. The van der Waals surface area contributed by atoms with Gasteiger partial charge in [-0.1, -0.05) is 25.1 Å².